The highest BCUT2D eigenvalue weighted by atomic mass is 19.1. The first-order chi connectivity index (χ1) is 6.59. The molecule has 1 unspecified atom stereocenters. The maximum atomic E-state index is 13.0. The molecule has 74 valence electrons. The van der Waals surface area contributed by atoms with E-state index in [4.69, 9.17) is 10.5 Å². The largest absolute Gasteiger partial charge is 0.482 e. The molecule has 14 heavy (non-hydrogen) atoms. The lowest BCUT2D eigenvalue weighted by molar-refractivity contribution is -0.122. The van der Waals surface area contributed by atoms with Crippen LogP contribution >= 0.6 is 0 Å². The van der Waals surface area contributed by atoms with E-state index in [1.54, 1.807) is 0 Å². The second-order valence-electron chi connectivity index (χ2n) is 3.36. The summed E-state index contributed by atoms with van der Waals surface area (Å²) in [6.45, 7) is 1.45. The minimum absolute atomic E-state index is 0.0685. The number of Topliss-reactive ketones (excluding diaryl/α,β-unsaturated/α-hetero) is 1. The minimum atomic E-state index is -0.505. The van der Waals surface area contributed by atoms with E-state index in [1.807, 2.05) is 0 Å². The number of rotatable bonds is 1. The molecule has 0 fully saturated rings. The highest BCUT2D eigenvalue weighted by Gasteiger charge is 2.28. The summed E-state index contributed by atoms with van der Waals surface area (Å²) < 4.78 is 18.3. The molecule has 1 aliphatic heterocycles. The van der Waals surface area contributed by atoms with Gasteiger partial charge in [0.2, 0.25) is 0 Å². The van der Waals surface area contributed by atoms with Gasteiger partial charge in [-0.3, -0.25) is 4.79 Å². The molecule has 1 aliphatic rings. The van der Waals surface area contributed by atoms with Crippen molar-refractivity contribution in [1.82, 2.24) is 0 Å². The summed E-state index contributed by atoms with van der Waals surface area (Å²) in [7, 11) is 0. The molecule has 1 atom stereocenters. The van der Waals surface area contributed by atoms with Crippen molar-refractivity contribution < 1.29 is 13.9 Å². The van der Waals surface area contributed by atoms with Gasteiger partial charge in [0.25, 0.3) is 0 Å². The number of ketones is 1. The number of nitrogen functional groups attached to an aromatic ring is 1. The van der Waals surface area contributed by atoms with Crippen LogP contribution in [0.2, 0.25) is 0 Å². The predicted molar refractivity (Wildman–Crippen MR) is 49.6 cm³/mol. The molecule has 2 rings (SSSR count). The Morgan fingerprint density at radius 3 is 3.00 bits per heavy atom. The molecule has 0 aromatic heterocycles. The van der Waals surface area contributed by atoms with Crippen molar-refractivity contribution in [1.29, 1.82) is 0 Å². The number of ether oxygens (including phenoxy) is 1. The Labute approximate surface area is 80.7 Å². The van der Waals surface area contributed by atoms with Gasteiger partial charge in [0.05, 0.1) is 5.69 Å². The average molecular weight is 195 g/mol. The van der Waals surface area contributed by atoms with Crippen LogP contribution in [0.15, 0.2) is 12.1 Å². The first-order valence-electron chi connectivity index (χ1n) is 4.33. The van der Waals surface area contributed by atoms with Crippen molar-refractivity contribution >= 4 is 11.5 Å². The summed E-state index contributed by atoms with van der Waals surface area (Å²) >= 11 is 0. The molecule has 0 radical (unpaired) electrons. The number of benzene rings is 1. The maximum absolute atomic E-state index is 13.0. The molecule has 0 bridgehead atoms. The van der Waals surface area contributed by atoms with Crippen LogP contribution in [-0.4, -0.2) is 11.9 Å². The van der Waals surface area contributed by atoms with Crippen LogP contribution in [0.3, 0.4) is 0 Å². The molecule has 0 spiro atoms. The van der Waals surface area contributed by atoms with Gasteiger partial charge in [-0.25, -0.2) is 4.39 Å². The van der Waals surface area contributed by atoms with Gasteiger partial charge in [-0.2, -0.15) is 0 Å². The van der Waals surface area contributed by atoms with E-state index in [2.05, 4.69) is 0 Å². The Kier molecular flexibility index (Phi) is 1.91. The molecule has 4 heteroatoms. The molecule has 1 aromatic rings. The van der Waals surface area contributed by atoms with Crippen LogP contribution in [0.1, 0.15) is 12.5 Å². The molecule has 0 amide bonds. The molecule has 3 nitrogen and oxygen atoms in total. The second kappa shape index (κ2) is 2.97. The summed E-state index contributed by atoms with van der Waals surface area (Å²) in [6.07, 6.45) is -0.136. The summed E-state index contributed by atoms with van der Waals surface area (Å²) in [4.78, 5) is 11.1. The third-order valence-electron chi connectivity index (χ3n) is 2.37. The Bertz CT molecular complexity index is 403. The van der Waals surface area contributed by atoms with E-state index in [-0.39, 0.29) is 11.5 Å². The first-order valence-corrected chi connectivity index (χ1v) is 4.33. The lowest BCUT2D eigenvalue weighted by Gasteiger charge is -2.04. The zero-order chi connectivity index (χ0) is 10.3. The van der Waals surface area contributed by atoms with Crippen molar-refractivity contribution in [3.8, 4) is 5.75 Å². The fourth-order valence-corrected chi connectivity index (χ4v) is 1.54. The van der Waals surface area contributed by atoms with Crippen LogP contribution in [0.25, 0.3) is 0 Å². The molecule has 0 aliphatic carbocycles. The molecule has 0 saturated heterocycles. The summed E-state index contributed by atoms with van der Waals surface area (Å²) in [5.41, 5.74) is 6.22. The molecule has 1 heterocycles. The van der Waals surface area contributed by atoms with E-state index in [1.165, 1.54) is 19.1 Å². The zero-order valence-electron chi connectivity index (χ0n) is 7.71. The number of anilines is 1. The number of fused-ring (bicyclic) bond motifs is 1. The van der Waals surface area contributed by atoms with Crippen LogP contribution in [-0.2, 0) is 11.2 Å². The van der Waals surface area contributed by atoms with Gasteiger partial charge >= 0.3 is 0 Å². The Balaban J connectivity index is 2.40. The second-order valence-corrected chi connectivity index (χ2v) is 3.36. The molecular formula is C10H10FNO2. The third-order valence-corrected chi connectivity index (χ3v) is 2.37. The van der Waals surface area contributed by atoms with Crippen molar-refractivity contribution in [2.75, 3.05) is 5.73 Å². The third kappa shape index (κ3) is 1.23. The standard InChI is InChI=1S/C10H10FNO2/c1-5(13)9-4-6-8(14-9)3-2-7(11)10(6)12/h2-3,9H,4,12H2,1H3. The van der Waals surface area contributed by atoms with Crippen LogP contribution in [0, 0.1) is 5.82 Å². The van der Waals surface area contributed by atoms with Gasteiger partial charge in [-0.05, 0) is 19.1 Å². The van der Waals surface area contributed by atoms with Crippen molar-refractivity contribution in [2.24, 2.45) is 0 Å². The summed E-state index contributed by atoms with van der Waals surface area (Å²) in [5, 5.41) is 0. The number of carbonyl (C=O) groups is 1. The Morgan fingerprint density at radius 1 is 1.64 bits per heavy atom. The van der Waals surface area contributed by atoms with Gasteiger partial charge in [0, 0.05) is 12.0 Å². The number of hydrogen-bond acceptors (Lipinski definition) is 3. The lowest BCUT2D eigenvalue weighted by atomic mass is 10.1. The van der Waals surface area contributed by atoms with Gasteiger partial charge in [-0.15, -0.1) is 0 Å². The van der Waals surface area contributed by atoms with E-state index in [9.17, 15) is 9.18 Å². The molecule has 1 aromatic carbocycles. The highest BCUT2D eigenvalue weighted by molar-refractivity contribution is 5.82. The normalized spacial score (nSPS) is 18.9. The minimum Gasteiger partial charge on any atom is -0.482 e. The molecule has 2 N–H and O–H groups in total. The number of hydrogen-bond donors (Lipinski definition) is 1. The van der Waals surface area contributed by atoms with Crippen LogP contribution in [0.5, 0.6) is 5.75 Å². The number of nitrogens with two attached hydrogens (primary N) is 1. The lowest BCUT2D eigenvalue weighted by Crippen LogP contribution is -2.22. The number of halogens is 1. The van der Waals surface area contributed by atoms with Crippen molar-refractivity contribution in [3.63, 3.8) is 0 Å². The highest BCUT2D eigenvalue weighted by Crippen LogP contribution is 2.34. The Morgan fingerprint density at radius 2 is 2.36 bits per heavy atom. The monoisotopic (exact) mass is 195 g/mol. The topological polar surface area (TPSA) is 52.3 Å². The summed E-state index contributed by atoms with van der Waals surface area (Å²) in [5.74, 6) is -0.0124. The average Bonchev–Trinajstić information content (AvgIpc) is 2.56. The fourth-order valence-electron chi connectivity index (χ4n) is 1.54. The molecular weight excluding hydrogens is 185 g/mol. The van der Waals surface area contributed by atoms with E-state index in [0.717, 1.165) is 0 Å². The maximum Gasteiger partial charge on any atom is 0.170 e. The Hall–Kier alpha value is -1.58. The van der Waals surface area contributed by atoms with Gasteiger partial charge in [0.15, 0.2) is 11.9 Å². The van der Waals surface area contributed by atoms with Crippen LogP contribution < -0.4 is 10.5 Å². The van der Waals surface area contributed by atoms with Crippen molar-refractivity contribution in [2.45, 2.75) is 19.4 Å². The van der Waals surface area contributed by atoms with Gasteiger partial charge in [0.1, 0.15) is 11.6 Å². The van der Waals surface area contributed by atoms with Crippen LogP contribution in [0.4, 0.5) is 10.1 Å². The quantitative estimate of drug-likeness (QED) is 0.687. The van der Waals surface area contributed by atoms with E-state index >= 15 is 0 Å². The SMILES string of the molecule is CC(=O)C1Cc2c(ccc(F)c2N)O1. The van der Waals surface area contributed by atoms with E-state index < -0.39 is 11.9 Å². The fraction of sp³-hybridized carbons (Fsp3) is 0.300. The predicted octanol–water partition coefficient (Wildman–Crippen LogP) is 1.30. The summed E-state index contributed by atoms with van der Waals surface area (Å²) in [6, 6.07) is 2.75. The van der Waals surface area contributed by atoms with Gasteiger partial charge < -0.3 is 10.5 Å². The molecule has 0 saturated carbocycles. The van der Waals surface area contributed by atoms with E-state index in [0.29, 0.717) is 17.7 Å². The zero-order valence-corrected chi connectivity index (χ0v) is 7.71. The van der Waals surface area contributed by atoms with Gasteiger partial charge in [-0.1, -0.05) is 0 Å². The number of carbonyl (C=O) groups excluding carboxylic acids is 1. The van der Waals surface area contributed by atoms with Crippen molar-refractivity contribution in [3.05, 3.63) is 23.5 Å². The first kappa shape index (κ1) is 8.99. The smallest absolute Gasteiger partial charge is 0.170 e.